The summed E-state index contributed by atoms with van der Waals surface area (Å²) in [6, 6.07) is 4.76. The molecule has 2 fully saturated rings. The topological polar surface area (TPSA) is 418 Å². The number of hydrogen-bond donors (Lipinski definition) is 14. The fraction of sp³-hybridized carbons (Fsp3) is 0.457. The minimum Gasteiger partial charge on any atom is -0.507 e. The summed E-state index contributed by atoms with van der Waals surface area (Å²) in [6.07, 6.45) is -25.8. The molecule has 1 aromatic heterocycles. The number of carbonyl (C=O) groups is 4. The van der Waals surface area contributed by atoms with E-state index in [0.29, 0.717) is 0 Å². The van der Waals surface area contributed by atoms with Crippen LogP contribution < -0.4 is 9.47 Å². The molecule has 0 bridgehead atoms. The first-order valence-corrected chi connectivity index (χ1v) is 17.4. The predicted octanol–water partition coefficient (Wildman–Crippen LogP) is -3.67. The fourth-order valence-electron chi connectivity index (χ4n) is 5.83. The lowest BCUT2D eigenvalue weighted by molar-refractivity contribution is -0.279. The van der Waals surface area contributed by atoms with Crippen LogP contribution in [0.5, 0.6) is 34.5 Å². The number of benzene rings is 2. The molecule has 2 saturated heterocycles. The average molecular weight is 860 g/mol. The zero-order chi connectivity index (χ0) is 44.3. The lowest BCUT2D eigenvalue weighted by Gasteiger charge is -2.40. The van der Waals surface area contributed by atoms with E-state index in [2.05, 4.69) is 0 Å². The van der Waals surface area contributed by atoms with Gasteiger partial charge in [0.1, 0.15) is 78.9 Å². The maximum atomic E-state index is 12.1. The monoisotopic (exact) mass is 859 g/mol. The number of hydrogen-bond acceptors (Lipinski definition) is 22. The largest absolute Gasteiger partial charge is 0.507 e. The van der Waals surface area contributed by atoms with Crippen molar-refractivity contribution in [2.75, 3.05) is 13.2 Å². The van der Waals surface area contributed by atoms with Crippen LogP contribution in [0.4, 0.5) is 0 Å². The van der Waals surface area contributed by atoms with Crippen molar-refractivity contribution in [1.29, 1.82) is 0 Å². The third kappa shape index (κ3) is 10.1. The van der Waals surface area contributed by atoms with Gasteiger partial charge in [-0.05, 0) is 0 Å². The number of phenols is 4. The summed E-state index contributed by atoms with van der Waals surface area (Å²) in [6.45, 7) is -1.78. The number of aliphatic hydroxyl groups is 8. The molecule has 328 valence electrons. The SMILES string of the molecule is O=C(O)CC(O)C(=O)OCC1O[C@@H](Oc2cc(O)cc3[o+]c(-c4cc(O)c(O)c(O)c4)c(OC4O[C@@H](COC(=O)CC(O)C(=O)O)[C@H](O)C(O)[C@@H]4O)cc23)C(O)[C@@H](O)[C@@H]1O. The first-order chi connectivity index (χ1) is 28.2. The highest BCUT2D eigenvalue weighted by atomic mass is 16.7. The number of aliphatic hydroxyl groups excluding tert-OH is 8. The van der Waals surface area contributed by atoms with E-state index in [1.54, 1.807) is 0 Å². The Morgan fingerprint density at radius 1 is 0.650 bits per heavy atom. The maximum Gasteiger partial charge on any atom is 0.402 e. The second-order valence-electron chi connectivity index (χ2n) is 13.4. The third-order valence-electron chi connectivity index (χ3n) is 9.04. The maximum absolute atomic E-state index is 12.1. The minimum absolute atomic E-state index is 0.205. The molecule has 60 heavy (non-hydrogen) atoms. The molecule has 2 aliphatic heterocycles. The van der Waals surface area contributed by atoms with E-state index in [9.17, 15) is 80.5 Å². The summed E-state index contributed by atoms with van der Waals surface area (Å²) >= 11 is 0. The molecule has 12 atom stereocenters. The Labute approximate surface area is 334 Å². The van der Waals surface area contributed by atoms with Gasteiger partial charge < -0.3 is 99.9 Å². The van der Waals surface area contributed by atoms with Crippen LogP contribution in [0.25, 0.3) is 22.3 Å². The van der Waals surface area contributed by atoms with Crippen LogP contribution in [0.1, 0.15) is 12.8 Å². The van der Waals surface area contributed by atoms with Gasteiger partial charge in [0.25, 0.3) is 0 Å². The summed E-state index contributed by atoms with van der Waals surface area (Å²) in [4.78, 5) is 45.9. The molecule has 0 saturated carbocycles. The Morgan fingerprint density at radius 2 is 1.18 bits per heavy atom. The van der Waals surface area contributed by atoms with Crippen molar-refractivity contribution in [3.05, 3.63) is 30.3 Å². The predicted molar refractivity (Wildman–Crippen MR) is 186 cm³/mol. The number of carboxylic acids is 2. The highest BCUT2D eigenvalue weighted by Gasteiger charge is 2.48. The van der Waals surface area contributed by atoms with Gasteiger partial charge in [0, 0.05) is 24.3 Å². The molecule has 25 nitrogen and oxygen atoms in total. The van der Waals surface area contributed by atoms with Crippen molar-refractivity contribution >= 4 is 34.8 Å². The number of aliphatic carboxylic acids is 2. The van der Waals surface area contributed by atoms with Gasteiger partial charge in [-0.3, -0.25) is 9.59 Å². The lowest BCUT2D eigenvalue weighted by atomic mass is 9.99. The molecule has 0 radical (unpaired) electrons. The molecule has 6 unspecified atom stereocenters. The summed E-state index contributed by atoms with van der Waals surface area (Å²) in [7, 11) is 0. The first kappa shape index (κ1) is 45.2. The van der Waals surface area contributed by atoms with Gasteiger partial charge >= 0.3 is 35.2 Å². The Kier molecular flexibility index (Phi) is 14.0. The Hall–Kier alpha value is -5.87. The molecular weight excluding hydrogens is 820 g/mol. The van der Waals surface area contributed by atoms with Crippen molar-refractivity contribution in [1.82, 2.24) is 0 Å². The molecule has 5 rings (SSSR count). The Bertz CT molecular complexity index is 2050. The molecule has 2 aromatic carbocycles. The normalized spacial score (nSPS) is 27.7. The van der Waals surface area contributed by atoms with Gasteiger partial charge in [-0.2, -0.15) is 0 Å². The quantitative estimate of drug-likeness (QED) is 0.0398. The van der Waals surface area contributed by atoms with Crippen LogP contribution in [0, 0.1) is 0 Å². The van der Waals surface area contributed by atoms with Crippen LogP contribution >= 0.6 is 0 Å². The molecule has 3 heterocycles. The van der Waals surface area contributed by atoms with Crippen LogP contribution in [0.2, 0.25) is 0 Å². The van der Waals surface area contributed by atoms with Crippen molar-refractivity contribution in [3.63, 3.8) is 0 Å². The zero-order valence-corrected chi connectivity index (χ0v) is 30.4. The van der Waals surface area contributed by atoms with Gasteiger partial charge in [0.05, 0.1) is 24.5 Å². The molecule has 14 N–H and O–H groups in total. The number of esters is 2. The number of ether oxygens (including phenoxy) is 6. The van der Waals surface area contributed by atoms with E-state index in [4.69, 9.17) is 43.1 Å². The van der Waals surface area contributed by atoms with Gasteiger partial charge in [0.15, 0.2) is 29.5 Å². The number of carbonyl (C=O) groups excluding carboxylic acids is 2. The molecule has 3 aromatic rings. The summed E-state index contributed by atoms with van der Waals surface area (Å²) < 4.78 is 38.4. The number of aromatic hydroxyl groups is 4. The molecule has 0 spiro atoms. The zero-order valence-electron chi connectivity index (χ0n) is 30.4. The third-order valence-corrected chi connectivity index (χ3v) is 9.04. The van der Waals surface area contributed by atoms with Crippen molar-refractivity contribution in [3.8, 4) is 45.8 Å². The highest BCUT2D eigenvalue weighted by Crippen LogP contribution is 2.45. The van der Waals surface area contributed by atoms with Crippen molar-refractivity contribution in [2.45, 2.75) is 86.5 Å². The molecule has 2 aliphatic rings. The van der Waals surface area contributed by atoms with Gasteiger partial charge in [-0.1, -0.05) is 0 Å². The van der Waals surface area contributed by atoms with E-state index >= 15 is 0 Å². The number of phenolic OH excluding ortho intramolecular Hbond substituents is 4. The van der Waals surface area contributed by atoms with Crippen molar-refractivity contribution < 1.29 is 124 Å². The average Bonchev–Trinajstić information content (AvgIpc) is 3.18. The van der Waals surface area contributed by atoms with E-state index in [-0.39, 0.29) is 16.5 Å². The molecule has 0 aliphatic carbocycles. The van der Waals surface area contributed by atoms with Crippen molar-refractivity contribution in [2.24, 2.45) is 0 Å². The van der Waals surface area contributed by atoms with Crippen LogP contribution in [0.15, 0.2) is 34.7 Å². The first-order valence-electron chi connectivity index (χ1n) is 17.4. The summed E-state index contributed by atoms with van der Waals surface area (Å²) in [5, 5.41) is 142. The fourth-order valence-corrected chi connectivity index (χ4v) is 5.83. The van der Waals surface area contributed by atoms with E-state index in [1.807, 2.05) is 0 Å². The molecular formula is C35H39O25+. The van der Waals surface area contributed by atoms with Crippen LogP contribution in [-0.2, 0) is 38.1 Å². The van der Waals surface area contributed by atoms with E-state index in [1.165, 1.54) is 0 Å². The van der Waals surface area contributed by atoms with Gasteiger partial charge in [-0.15, -0.1) is 0 Å². The number of rotatable bonds is 15. The Morgan fingerprint density at radius 3 is 1.72 bits per heavy atom. The standard InChI is InChI=1S/C35H38O25/c36-11-3-17-12(18(4-11)57-34-29(49)28(48)26(46)21(60-34)9-55-33(53)16(40)6-22(41)42)5-19(31(56-17)10-1-13(37)24(44)14(38)2-10)58-35-30(50)27(47)25(45)20(59-35)8-54-23(43)7-15(39)32(51)52/h1-5,15-16,20-21,25-30,34-35,39-40,45-50H,6-9H2,(H5-,36,37,38,41,42,44,51,52)/p+1/t15?,16?,20-,21?,25-,26+,27?,28-,29?,30-,34+,35?/m0/s1. The van der Waals surface area contributed by atoms with Crippen LogP contribution in [0.3, 0.4) is 0 Å². The molecule has 0 amide bonds. The highest BCUT2D eigenvalue weighted by molar-refractivity contribution is 5.89. The number of fused-ring (bicyclic) bond motifs is 1. The second kappa shape index (κ2) is 18.6. The summed E-state index contributed by atoms with van der Waals surface area (Å²) in [5.74, 6) is -10.7. The van der Waals surface area contributed by atoms with E-state index < -0.39 is 164 Å². The van der Waals surface area contributed by atoms with E-state index in [0.717, 1.165) is 30.3 Å². The Balaban J connectivity index is 1.50. The van der Waals surface area contributed by atoms with Crippen LogP contribution in [-0.4, -0.2) is 182 Å². The number of carboxylic acid groups (broad SMARTS) is 2. The van der Waals surface area contributed by atoms with Gasteiger partial charge in [0.2, 0.25) is 18.3 Å². The van der Waals surface area contributed by atoms with Gasteiger partial charge in [-0.25, -0.2) is 14.0 Å². The lowest BCUT2D eigenvalue weighted by Crippen LogP contribution is -2.60. The second-order valence-corrected chi connectivity index (χ2v) is 13.4. The smallest absolute Gasteiger partial charge is 0.402 e. The summed E-state index contributed by atoms with van der Waals surface area (Å²) in [5.41, 5.74) is -0.565. The minimum atomic E-state index is -2.13. The molecule has 25 heteroatoms.